The molecule has 1 saturated heterocycles. The molecule has 2 fully saturated rings. The Kier molecular flexibility index (Phi) is 5.51. The number of nitrogens with one attached hydrogen (secondary N) is 1. The summed E-state index contributed by atoms with van der Waals surface area (Å²) in [5, 5.41) is 17.1. The Morgan fingerprint density at radius 1 is 1.17 bits per heavy atom. The van der Waals surface area contributed by atoms with Crippen LogP contribution < -0.4 is 10.2 Å². The lowest BCUT2D eigenvalue weighted by molar-refractivity contribution is 0.102. The number of anilines is 2. The van der Waals surface area contributed by atoms with Gasteiger partial charge in [0.1, 0.15) is 11.5 Å². The molecule has 2 aliphatic rings. The fourth-order valence-corrected chi connectivity index (χ4v) is 5.05. The highest BCUT2D eigenvalue weighted by Gasteiger charge is 2.27. The van der Waals surface area contributed by atoms with E-state index >= 15 is 0 Å². The zero-order valence-electron chi connectivity index (χ0n) is 19.6. The van der Waals surface area contributed by atoms with Crippen molar-refractivity contribution in [3.8, 4) is 16.5 Å². The summed E-state index contributed by atoms with van der Waals surface area (Å²) in [4.78, 5) is 29.1. The quantitative estimate of drug-likeness (QED) is 0.417. The molecular formula is C23H26N10OS. The van der Waals surface area contributed by atoms with Crippen molar-refractivity contribution in [1.29, 1.82) is 0 Å². The van der Waals surface area contributed by atoms with E-state index < -0.39 is 0 Å². The first-order chi connectivity index (χ1) is 17.1. The molecule has 5 heterocycles. The highest BCUT2D eigenvalue weighted by Crippen LogP contribution is 2.39. The van der Waals surface area contributed by atoms with Crippen LogP contribution in [-0.4, -0.2) is 58.7 Å². The van der Waals surface area contributed by atoms with Crippen molar-refractivity contribution >= 4 is 28.7 Å². The summed E-state index contributed by atoms with van der Waals surface area (Å²) in [6, 6.07) is 1.94. The fourth-order valence-electron chi connectivity index (χ4n) is 4.33. The van der Waals surface area contributed by atoms with E-state index in [4.69, 9.17) is 0 Å². The predicted octanol–water partition coefficient (Wildman–Crippen LogP) is 3.69. The number of carbonyl (C=O) groups excluding carboxylic acids is 1. The molecule has 1 aliphatic heterocycles. The van der Waals surface area contributed by atoms with E-state index in [9.17, 15) is 4.79 Å². The summed E-state index contributed by atoms with van der Waals surface area (Å²) in [7, 11) is 0. The lowest BCUT2D eigenvalue weighted by Gasteiger charge is -2.21. The number of pyridine rings is 1. The maximum atomic E-state index is 13.1. The molecule has 6 rings (SSSR count). The molecule has 12 heteroatoms. The molecule has 0 radical (unpaired) electrons. The molecule has 0 atom stereocenters. The van der Waals surface area contributed by atoms with Crippen LogP contribution in [0.2, 0.25) is 0 Å². The lowest BCUT2D eigenvalue weighted by atomic mass is 10.2. The van der Waals surface area contributed by atoms with Crippen LogP contribution >= 0.6 is 11.3 Å². The molecule has 0 aromatic carbocycles. The van der Waals surface area contributed by atoms with Crippen molar-refractivity contribution in [1.82, 2.24) is 39.7 Å². The molecule has 180 valence electrons. The predicted molar refractivity (Wildman–Crippen MR) is 132 cm³/mol. The van der Waals surface area contributed by atoms with Crippen LogP contribution in [0, 0.1) is 0 Å². The first kappa shape index (κ1) is 21.8. The second-order valence-electron chi connectivity index (χ2n) is 9.27. The van der Waals surface area contributed by atoms with Crippen LogP contribution in [0.15, 0.2) is 30.2 Å². The maximum absolute atomic E-state index is 13.1. The monoisotopic (exact) mass is 490 g/mol. The molecule has 4 aromatic heterocycles. The second kappa shape index (κ2) is 8.84. The average Bonchev–Trinajstić information content (AvgIpc) is 3.37. The van der Waals surface area contributed by atoms with Crippen molar-refractivity contribution < 1.29 is 4.79 Å². The minimum Gasteiger partial charge on any atom is -0.369 e. The molecule has 11 nitrogen and oxygen atoms in total. The number of thiazole rings is 1. The highest BCUT2D eigenvalue weighted by atomic mass is 32.1. The van der Waals surface area contributed by atoms with E-state index in [-0.39, 0.29) is 11.9 Å². The summed E-state index contributed by atoms with van der Waals surface area (Å²) < 4.78 is 3.73. The van der Waals surface area contributed by atoms with Crippen molar-refractivity contribution in [3.05, 3.63) is 41.6 Å². The van der Waals surface area contributed by atoms with Crippen LogP contribution in [0.25, 0.3) is 16.5 Å². The van der Waals surface area contributed by atoms with Crippen LogP contribution in [0.3, 0.4) is 0 Å². The molecule has 0 unspecified atom stereocenters. The Balaban J connectivity index is 1.27. The molecule has 1 amide bonds. The van der Waals surface area contributed by atoms with E-state index in [0.717, 1.165) is 43.0 Å². The van der Waals surface area contributed by atoms with Gasteiger partial charge in [-0.25, -0.2) is 19.6 Å². The van der Waals surface area contributed by atoms with Gasteiger partial charge < -0.3 is 14.8 Å². The Labute approximate surface area is 206 Å². The van der Waals surface area contributed by atoms with Crippen LogP contribution in [-0.2, 0) is 0 Å². The highest BCUT2D eigenvalue weighted by molar-refractivity contribution is 7.13. The Morgan fingerprint density at radius 2 is 2.00 bits per heavy atom. The molecule has 4 aromatic rings. The summed E-state index contributed by atoms with van der Waals surface area (Å²) >= 11 is 1.38. The van der Waals surface area contributed by atoms with Gasteiger partial charge in [-0.2, -0.15) is 0 Å². The van der Waals surface area contributed by atoms with Gasteiger partial charge in [0, 0.05) is 30.6 Å². The molecular weight excluding hydrogens is 464 g/mol. The summed E-state index contributed by atoms with van der Waals surface area (Å²) in [5.41, 5.74) is 3.38. The van der Waals surface area contributed by atoms with Gasteiger partial charge in [-0.05, 0) is 56.0 Å². The standard InChI is InChI=1S/C23H26N10OS/c1-14(2)33-21(28-29-30-33)23-27-20(12-35-23)26-22(34)16-9-18(19(10-24-16)31-7-3-4-8-31)32-11-17(25-13-32)15-5-6-15/h9-15H,3-8H2,1-2H3,(H,26,34). The fraction of sp³-hybridized carbons (Fsp3) is 0.435. The number of rotatable bonds is 7. The molecule has 0 spiro atoms. The number of imidazole rings is 1. The van der Waals surface area contributed by atoms with Gasteiger partial charge in [-0.1, -0.05) is 0 Å². The zero-order valence-corrected chi connectivity index (χ0v) is 20.4. The number of hydrogen-bond donors (Lipinski definition) is 1. The van der Waals surface area contributed by atoms with Crippen molar-refractivity contribution in [2.75, 3.05) is 23.3 Å². The minimum absolute atomic E-state index is 0.0993. The molecule has 35 heavy (non-hydrogen) atoms. The minimum atomic E-state index is -0.318. The number of amides is 1. The molecule has 1 aliphatic carbocycles. The third-order valence-electron chi connectivity index (χ3n) is 6.34. The Bertz CT molecular complexity index is 1360. The van der Waals surface area contributed by atoms with E-state index in [0.29, 0.717) is 28.3 Å². The van der Waals surface area contributed by atoms with E-state index in [1.807, 2.05) is 30.8 Å². The van der Waals surface area contributed by atoms with Crippen molar-refractivity contribution in [2.24, 2.45) is 0 Å². The Hall–Kier alpha value is -3.67. The third kappa shape index (κ3) is 4.29. The average molecular weight is 491 g/mol. The lowest BCUT2D eigenvalue weighted by Crippen LogP contribution is -2.21. The molecule has 0 bridgehead atoms. The first-order valence-corrected chi connectivity index (χ1v) is 12.8. The smallest absolute Gasteiger partial charge is 0.275 e. The van der Waals surface area contributed by atoms with Gasteiger partial charge in [0.25, 0.3) is 5.91 Å². The van der Waals surface area contributed by atoms with Gasteiger partial charge >= 0.3 is 0 Å². The number of aromatic nitrogens is 8. The van der Waals surface area contributed by atoms with Crippen LogP contribution in [0.5, 0.6) is 0 Å². The zero-order chi connectivity index (χ0) is 23.9. The number of nitrogens with zero attached hydrogens (tertiary/aromatic N) is 9. The van der Waals surface area contributed by atoms with Gasteiger partial charge in [-0.15, -0.1) is 16.4 Å². The van der Waals surface area contributed by atoms with Gasteiger partial charge in [0.2, 0.25) is 5.82 Å². The van der Waals surface area contributed by atoms with Gasteiger partial charge in [0.15, 0.2) is 5.01 Å². The number of hydrogen-bond acceptors (Lipinski definition) is 9. The second-order valence-corrected chi connectivity index (χ2v) is 10.1. The third-order valence-corrected chi connectivity index (χ3v) is 7.17. The van der Waals surface area contributed by atoms with Crippen LogP contribution in [0.1, 0.15) is 67.7 Å². The van der Waals surface area contributed by atoms with Crippen molar-refractivity contribution in [2.45, 2.75) is 51.5 Å². The normalized spacial score (nSPS) is 15.8. The van der Waals surface area contributed by atoms with E-state index in [1.165, 1.54) is 24.2 Å². The van der Waals surface area contributed by atoms with Gasteiger partial charge in [0.05, 0.1) is 35.6 Å². The molecule has 1 saturated carbocycles. The van der Waals surface area contributed by atoms with Crippen LogP contribution in [0.4, 0.5) is 11.5 Å². The summed E-state index contributed by atoms with van der Waals surface area (Å²) in [6.45, 7) is 5.97. The topological polar surface area (TPSA) is 120 Å². The van der Waals surface area contributed by atoms with Crippen molar-refractivity contribution in [3.63, 3.8) is 0 Å². The molecule has 1 N–H and O–H groups in total. The van der Waals surface area contributed by atoms with E-state index in [2.05, 4.69) is 46.9 Å². The summed E-state index contributed by atoms with van der Waals surface area (Å²) in [5.74, 6) is 1.26. The van der Waals surface area contributed by atoms with Gasteiger partial charge in [-0.3, -0.25) is 4.79 Å². The van der Waals surface area contributed by atoms with E-state index in [1.54, 1.807) is 16.3 Å². The maximum Gasteiger partial charge on any atom is 0.275 e. The number of carbonyl (C=O) groups is 1. The summed E-state index contributed by atoms with van der Waals surface area (Å²) in [6.07, 6.45) is 10.4. The largest absolute Gasteiger partial charge is 0.369 e. The first-order valence-electron chi connectivity index (χ1n) is 11.9. The SMILES string of the molecule is CC(C)n1nnnc1-c1nc(NC(=O)c2cc(-n3cnc(C4CC4)c3)c(N3CCCC3)cn2)cs1. The number of tetrazole rings is 1. The Morgan fingerprint density at radius 3 is 2.77 bits per heavy atom.